The smallest absolute Gasteiger partial charge is 0.191 e. The van der Waals surface area contributed by atoms with E-state index in [1.807, 2.05) is 12.1 Å². The molecule has 0 atom stereocenters. The van der Waals surface area contributed by atoms with Crippen LogP contribution in [0.5, 0.6) is 5.75 Å². The molecule has 1 aromatic rings. The molecule has 1 heterocycles. The predicted molar refractivity (Wildman–Crippen MR) is 107 cm³/mol. The van der Waals surface area contributed by atoms with E-state index in [0.717, 1.165) is 57.6 Å². The second kappa shape index (κ2) is 12.5. The van der Waals surface area contributed by atoms with Crippen LogP contribution in [0.15, 0.2) is 29.3 Å². The van der Waals surface area contributed by atoms with Crippen molar-refractivity contribution >= 4 is 5.96 Å². The number of nitrogens with one attached hydrogen (secondary N) is 2. The number of nitrogens with zero attached hydrogens (tertiary/aromatic N) is 2. The van der Waals surface area contributed by atoms with E-state index in [1.54, 1.807) is 7.05 Å². The van der Waals surface area contributed by atoms with Gasteiger partial charge in [0.15, 0.2) is 5.96 Å². The first kappa shape index (κ1) is 20.5. The van der Waals surface area contributed by atoms with Crippen LogP contribution >= 0.6 is 0 Å². The van der Waals surface area contributed by atoms with Crippen LogP contribution in [0.4, 0.5) is 0 Å². The molecule has 146 valence electrons. The molecule has 0 aromatic heterocycles. The van der Waals surface area contributed by atoms with Gasteiger partial charge in [0.2, 0.25) is 0 Å². The zero-order chi connectivity index (χ0) is 18.5. The highest BCUT2D eigenvalue weighted by Gasteiger charge is 2.09. The lowest BCUT2D eigenvalue weighted by Gasteiger charge is -2.26. The highest BCUT2D eigenvalue weighted by molar-refractivity contribution is 5.79. The number of morpholine rings is 1. The molecular weight excluding hydrogens is 328 g/mol. The van der Waals surface area contributed by atoms with Gasteiger partial charge in [-0.1, -0.05) is 31.9 Å². The zero-order valence-corrected chi connectivity index (χ0v) is 16.3. The van der Waals surface area contributed by atoms with Crippen LogP contribution in [-0.2, 0) is 11.3 Å². The minimum atomic E-state index is 0.706. The molecule has 0 radical (unpaired) electrons. The molecular formula is C20H34N4O2. The number of rotatable bonds is 10. The van der Waals surface area contributed by atoms with Gasteiger partial charge in [-0.05, 0) is 24.1 Å². The molecule has 6 nitrogen and oxygen atoms in total. The summed E-state index contributed by atoms with van der Waals surface area (Å²) >= 11 is 0. The average Bonchev–Trinajstić information content (AvgIpc) is 2.69. The molecule has 2 rings (SSSR count). The van der Waals surface area contributed by atoms with E-state index < -0.39 is 0 Å². The van der Waals surface area contributed by atoms with Crippen LogP contribution in [0, 0.1) is 0 Å². The van der Waals surface area contributed by atoms with Crippen molar-refractivity contribution < 1.29 is 9.47 Å². The quantitative estimate of drug-likeness (QED) is 0.380. The summed E-state index contributed by atoms with van der Waals surface area (Å²) in [7, 11) is 1.81. The number of hydrogen-bond acceptors (Lipinski definition) is 4. The number of hydrogen-bond donors (Lipinski definition) is 2. The summed E-state index contributed by atoms with van der Waals surface area (Å²) in [5, 5.41) is 6.71. The molecule has 26 heavy (non-hydrogen) atoms. The fourth-order valence-corrected chi connectivity index (χ4v) is 2.85. The molecule has 0 amide bonds. The van der Waals surface area contributed by atoms with Crippen molar-refractivity contribution in [2.75, 3.05) is 53.0 Å². The molecule has 0 saturated carbocycles. The minimum Gasteiger partial charge on any atom is -0.492 e. The Bertz CT molecular complexity index is 530. The number of benzene rings is 1. The van der Waals surface area contributed by atoms with Crippen molar-refractivity contribution in [3.8, 4) is 5.75 Å². The lowest BCUT2D eigenvalue weighted by molar-refractivity contribution is 0.0322. The Morgan fingerprint density at radius 1 is 1.23 bits per heavy atom. The van der Waals surface area contributed by atoms with Crippen molar-refractivity contribution in [1.29, 1.82) is 0 Å². The Morgan fingerprint density at radius 3 is 2.85 bits per heavy atom. The maximum atomic E-state index is 5.92. The summed E-state index contributed by atoms with van der Waals surface area (Å²) in [6.07, 6.45) is 3.64. The first-order valence-corrected chi connectivity index (χ1v) is 9.78. The van der Waals surface area contributed by atoms with E-state index in [2.05, 4.69) is 39.6 Å². The van der Waals surface area contributed by atoms with E-state index in [9.17, 15) is 0 Å². The molecule has 2 N–H and O–H groups in total. The number of guanidine groups is 1. The van der Waals surface area contributed by atoms with Crippen LogP contribution in [0.25, 0.3) is 0 Å². The maximum Gasteiger partial charge on any atom is 0.191 e. The first-order chi connectivity index (χ1) is 12.8. The van der Waals surface area contributed by atoms with E-state index >= 15 is 0 Å². The van der Waals surface area contributed by atoms with Gasteiger partial charge in [0.25, 0.3) is 0 Å². The molecule has 1 saturated heterocycles. The molecule has 1 aliphatic rings. The highest BCUT2D eigenvalue weighted by Crippen LogP contribution is 2.13. The van der Waals surface area contributed by atoms with Gasteiger partial charge >= 0.3 is 0 Å². The summed E-state index contributed by atoms with van der Waals surface area (Å²) in [5.41, 5.74) is 1.19. The van der Waals surface area contributed by atoms with E-state index in [0.29, 0.717) is 6.61 Å². The van der Waals surface area contributed by atoms with Gasteiger partial charge < -0.3 is 20.1 Å². The standard InChI is InChI=1S/C20H34N4O2/c1-3-4-5-9-22-20(21-2)23-17-18-7-6-8-19(16-18)26-15-12-24-10-13-25-14-11-24/h6-8,16H,3-5,9-15,17H2,1-2H3,(H2,21,22,23). The van der Waals surface area contributed by atoms with Gasteiger partial charge in [-0.15, -0.1) is 0 Å². The highest BCUT2D eigenvalue weighted by atomic mass is 16.5. The molecule has 0 unspecified atom stereocenters. The van der Waals surface area contributed by atoms with Crippen LogP contribution in [0.3, 0.4) is 0 Å². The Balaban J connectivity index is 1.70. The third kappa shape index (κ3) is 8.06. The molecule has 6 heteroatoms. The van der Waals surface area contributed by atoms with Gasteiger partial charge in [0, 0.05) is 39.8 Å². The van der Waals surface area contributed by atoms with Crippen LogP contribution in [0.2, 0.25) is 0 Å². The van der Waals surface area contributed by atoms with Crippen LogP contribution < -0.4 is 15.4 Å². The van der Waals surface area contributed by atoms with Crippen molar-refractivity contribution in [3.05, 3.63) is 29.8 Å². The monoisotopic (exact) mass is 362 g/mol. The third-order valence-electron chi connectivity index (χ3n) is 4.43. The summed E-state index contributed by atoms with van der Waals surface area (Å²) in [5.74, 6) is 1.77. The Labute approximate surface area is 158 Å². The average molecular weight is 363 g/mol. The van der Waals surface area contributed by atoms with Crippen molar-refractivity contribution in [2.24, 2.45) is 4.99 Å². The first-order valence-electron chi connectivity index (χ1n) is 9.78. The van der Waals surface area contributed by atoms with Gasteiger partial charge in [-0.25, -0.2) is 0 Å². The Hall–Kier alpha value is -1.79. The Kier molecular flexibility index (Phi) is 9.90. The fraction of sp³-hybridized carbons (Fsp3) is 0.650. The van der Waals surface area contributed by atoms with Crippen molar-refractivity contribution in [1.82, 2.24) is 15.5 Å². The van der Waals surface area contributed by atoms with E-state index in [4.69, 9.17) is 9.47 Å². The van der Waals surface area contributed by atoms with E-state index in [1.165, 1.54) is 24.8 Å². The number of ether oxygens (including phenoxy) is 2. The predicted octanol–water partition coefficient (Wildman–Crippen LogP) is 2.25. The summed E-state index contributed by atoms with van der Waals surface area (Å²) in [4.78, 5) is 6.65. The van der Waals surface area contributed by atoms with Crippen molar-refractivity contribution in [3.63, 3.8) is 0 Å². The number of unbranched alkanes of at least 4 members (excludes halogenated alkanes) is 2. The van der Waals surface area contributed by atoms with Crippen LogP contribution in [-0.4, -0.2) is 63.9 Å². The summed E-state index contributed by atoms with van der Waals surface area (Å²) in [6, 6.07) is 8.25. The van der Waals surface area contributed by atoms with Crippen LogP contribution in [0.1, 0.15) is 31.7 Å². The molecule has 1 aromatic carbocycles. The second-order valence-electron chi connectivity index (χ2n) is 6.51. The SMILES string of the molecule is CCCCCNC(=NC)NCc1cccc(OCCN2CCOCC2)c1. The molecule has 1 fully saturated rings. The maximum absolute atomic E-state index is 5.92. The lowest BCUT2D eigenvalue weighted by Crippen LogP contribution is -2.38. The fourth-order valence-electron chi connectivity index (χ4n) is 2.85. The number of aliphatic imine (C=N–C) groups is 1. The summed E-state index contributed by atoms with van der Waals surface area (Å²) in [6.45, 7) is 9.20. The van der Waals surface area contributed by atoms with Gasteiger partial charge in [-0.2, -0.15) is 0 Å². The molecule has 0 bridgehead atoms. The molecule has 0 spiro atoms. The van der Waals surface area contributed by atoms with Gasteiger partial charge in [0.05, 0.1) is 13.2 Å². The van der Waals surface area contributed by atoms with Gasteiger partial charge in [-0.3, -0.25) is 9.89 Å². The normalized spacial score (nSPS) is 15.7. The van der Waals surface area contributed by atoms with Gasteiger partial charge in [0.1, 0.15) is 12.4 Å². The zero-order valence-electron chi connectivity index (χ0n) is 16.3. The second-order valence-corrected chi connectivity index (χ2v) is 6.51. The lowest BCUT2D eigenvalue weighted by atomic mass is 10.2. The largest absolute Gasteiger partial charge is 0.492 e. The minimum absolute atomic E-state index is 0.706. The topological polar surface area (TPSA) is 58.1 Å². The Morgan fingerprint density at radius 2 is 2.08 bits per heavy atom. The third-order valence-corrected chi connectivity index (χ3v) is 4.43. The molecule has 1 aliphatic heterocycles. The molecule has 0 aliphatic carbocycles. The summed E-state index contributed by atoms with van der Waals surface area (Å²) < 4.78 is 11.3. The van der Waals surface area contributed by atoms with Crippen molar-refractivity contribution in [2.45, 2.75) is 32.7 Å². The van der Waals surface area contributed by atoms with E-state index in [-0.39, 0.29) is 0 Å².